The number of aryl methyl sites for hydroxylation is 2. The summed E-state index contributed by atoms with van der Waals surface area (Å²) >= 11 is 6.45. The fourth-order valence-electron chi connectivity index (χ4n) is 3.14. The molecule has 0 amide bonds. The molecule has 0 radical (unpaired) electrons. The first kappa shape index (κ1) is 21.7. The van der Waals surface area contributed by atoms with Gasteiger partial charge in [-0.3, -0.25) is 4.68 Å². The van der Waals surface area contributed by atoms with Crippen molar-refractivity contribution in [1.29, 1.82) is 0 Å². The van der Waals surface area contributed by atoms with E-state index in [4.69, 9.17) is 16.3 Å². The largest absolute Gasteiger partial charge is 0.496 e. The van der Waals surface area contributed by atoms with Gasteiger partial charge in [-0.1, -0.05) is 11.6 Å². The molecular weight excluding hydrogens is 421 g/mol. The normalized spacial score (nSPS) is 11.5. The number of methoxy groups -OCH3 is 1. The van der Waals surface area contributed by atoms with E-state index in [0.29, 0.717) is 22.7 Å². The summed E-state index contributed by atoms with van der Waals surface area (Å²) in [7, 11) is 4.72. The molecule has 0 fully saturated rings. The molecule has 0 aliphatic carbocycles. The molecule has 2 N–H and O–H groups in total. The van der Waals surface area contributed by atoms with E-state index in [1.165, 1.54) is 14.2 Å². The molecule has 3 aromatic rings. The van der Waals surface area contributed by atoms with Crippen molar-refractivity contribution in [3.05, 3.63) is 40.3 Å². The zero-order chi connectivity index (χ0) is 22.2. The molecule has 0 atom stereocenters. The summed E-state index contributed by atoms with van der Waals surface area (Å²) in [5.41, 5.74) is 2.82. The van der Waals surface area contributed by atoms with Crippen molar-refractivity contribution >= 4 is 29.1 Å². The molecule has 30 heavy (non-hydrogen) atoms. The maximum absolute atomic E-state index is 13.0. The average molecular weight is 441 g/mol. The summed E-state index contributed by atoms with van der Waals surface area (Å²) in [6, 6.07) is 3.35. The van der Waals surface area contributed by atoms with Gasteiger partial charge in [-0.2, -0.15) is 23.3 Å². The van der Waals surface area contributed by atoms with Crippen LogP contribution in [0.4, 0.5) is 30.6 Å². The molecule has 7 nitrogen and oxygen atoms in total. The Hall–Kier alpha value is -3.01. The van der Waals surface area contributed by atoms with Crippen LogP contribution in [0, 0.1) is 13.8 Å². The van der Waals surface area contributed by atoms with Crippen molar-refractivity contribution in [1.82, 2.24) is 19.7 Å². The summed E-state index contributed by atoms with van der Waals surface area (Å²) < 4.78 is 46.4. The molecule has 0 saturated heterocycles. The summed E-state index contributed by atoms with van der Waals surface area (Å²) in [6.45, 7) is 3.82. The quantitative estimate of drug-likeness (QED) is 0.584. The van der Waals surface area contributed by atoms with Crippen molar-refractivity contribution in [3.63, 3.8) is 0 Å². The van der Waals surface area contributed by atoms with Crippen LogP contribution in [-0.4, -0.2) is 33.9 Å². The third-order valence-corrected chi connectivity index (χ3v) is 4.96. The standard InChI is InChI=1S/C19H20ClF3N6O/c1-9-16(10(2)29(4)28-9)11-6-13(20)14(7-15(11)30-5)26-18-25-8-12(19(21,22)23)17(24-3)27-18/h6-8H,1-5H3,(H2,24,25,26,27). The number of nitrogens with zero attached hydrogens (tertiary/aromatic N) is 4. The highest BCUT2D eigenvalue weighted by Crippen LogP contribution is 2.41. The van der Waals surface area contributed by atoms with Crippen LogP contribution in [0.1, 0.15) is 17.0 Å². The maximum Gasteiger partial charge on any atom is 0.421 e. The van der Waals surface area contributed by atoms with Gasteiger partial charge in [0.1, 0.15) is 17.1 Å². The number of nitrogens with one attached hydrogen (secondary N) is 2. The number of alkyl halides is 3. The number of benzene rings is 1. The van der Waals surface area contributed by atoms with Gasteiger partial charge in [0, 0.05) is 43.2 Å². The van der Waals surface area contributed by atoms with Crippen molar-refractivity contribution < 1.29 is 17.9 Å². The Morgan fingerprint density at radius 2 is 1.90 bits per heavy atom. The van der Waals surface area contributed by atoms with Crippen LogP contribution >= 0.6 is 11.6 Å². The van der Waals surface area contributed by atoms with Gasteiger partial charge in [0.15, 0.2) is 0 Å². The highest BCUT2D eigenvalue weighted by molar-refractivity contribution is 6.33. The molecule has 0 saturated carbocycles. The van der Waals surface area contributed by atoms with Crippen LogP contribution in [0.15, 0.2) is 18.3 Å². The first-order valence-corrected chi connectivity index (χ1v) is 9.21. The first-order chi connectivity index (χ1) is 14.1. The number of hydrogen-bond donors (Lipinski definition) is 2. The van der Waals surface area contributed by atoms with Crippen LogP contribution in [0.2, 0.25) is 5.02 Å². The fourth-order valence-corrected chi connectivity index (χ4v) is 3.35. The average Bonchev–Trinajstić information content (AvgIpc) is 2.93. The van der Waals surface area contributed by atoms with E-state index < -0.39 is 11.7 Å². The molecule has 3 rings (SSSR count). The Balaban J connectivity index is 2.03. The third kappa shape index (κ3) is 4.00. The first-order valence-electron chi connectivity index (χ1n) is 8.84. The molecular formula is C19H20ClF3N6O. The predicted octanol–water partition coefficient (Wildman–Crippen LogP) is 4.96. The number of rotatable bonds is 5. The Morgan fingerprint density at radius 3 is 2.43 bits per heavy atom. The number of halogens is 4. The smallest absolute Gasteiger partial charge is 0.421 e. The molecule has 0 spiro atoms. The van der Waals surface area contributed by atoms with Gasteiger partial charge in [0.05, 0.1) is 23.5 Å². The number of hydrogen-bond acceptors (Lipinski definition) is 6. The van der Waals surface area contributed by atoms with Crippen LogP contribution in [0.25, 0.3) is 11.1 Å². The van der Waals surface area contributed by atoms with Gasteiger partial charge in [-0.15, -0.1) is 0 Å². The SMILES string of the molecule is CNc1nc(Nc2cc(OC)c(-c3c(C)nn(C)c3C)cc2Cl)ncc1C(F)(F)F. The Morgan fingerprint density at radius 1 is 1.20 bits per heavy atom. The topological polar surface area (TPSA) is 76.9 Å². The van der Waals surface area contributed by atoms with E-state index in [1.807, 2.05) is 20.9 Å². The summed E-state index contributed by atoms with van der Waals surface area (Å²) in [5, 5.41) is 10.0. The number of ether oxygens (including phenoxy) is 1. The summed E-state index contributed by atoms with van der Waals surface area (Å²) in [6.07, 6.45) is -3.86. The Labute approximate surface area is 176 Å². The minimum atomic E-state index is -4.57. The van der Waals surface area contributed by atoms with Gasteiger partial charge in [-0.25, -0.2) is 4.98 Å². The molecule has 2 heterocycles. The van der Waals surface area contributed by atoms with E-state index in [1.54, 1.807) is 16.8 Å². The van der Waals surface area contributed by atoms with Gasteiger partial charge < -0.3 is 15.4 Å². The zero-order valence-electron chi connectivity index (χ0n) is 16.9. The van der Waals surface area contributed by atoms with Gasteiger partial charge >= 0.3 is 6.18 Å². The molecule has 160 valence electrons. The molecule has 0 unspecified atom stereocenters. The maximum atomic E-state index is 13.0. The van der Waals surface area contributed by atoms with E-state index in [2.05, 4.69) is 25.7 Å². The van der Waals surface area contributed by atoms with E-state index in [0.717, 1.165) is 22.5 Å². The Kier molecular flexibility index (Phi) is 5.80. The summed E-state index contributed by atoms with van der Waals surface area (Å²) in [4.78, 5) is 7.66. The lowest BCUT2D eigenvalue weighted by molar-refractivity contribution is -0.137. The second kappa shape index (κ2) is 8.02. The Bertz CT molecular complexity index is 1100. The molecule has 1 aromatic carbocycles. The van der Waals surface area contributed by atoms with E-state index in [9.17, 15) is 13.2 Å². The van der Waals surface area contributed by atoms with Crippen molar-refractivity contribution in [2.45, 2.75) is 20.0 Å². The molecule has 0 aliphatic heterocycles. The van der Waals surface area contributed by atoms with E-state index in [-0.39, 0.29) is 11.8 Å². The van der Waals surface area contributed by atoms with Crippen LogP contribution in [0.5, 0.6) is 5.75 Å². The van der Waals surface area contributed by atoms with Gasteiger partial charge in [0.2, 0.25) is 5.95 Å². The zero-order valence-corrected chi connectivity index (χ0v) is 17.7. The highest BCUT2D eigenvalue weighted by atomic mass is 35.5. The van der Waals surface area contributed by atoms with Crippen molar-refractivity contribution in [2.75, 3.05) is 24.8 Å². The van der Waals surface area contributed by atoms with Gasteiger partial charge in [0.25, 0.3) is 0 Å². The highest BCUT2D eigenvalue weighted by Gasteiger charge is 2.35. The van der Waals surface area contributed by atoms with E-state index >= 15 is 0 Å². The van der Waals surface area contributed by atoms with Crippen molar-refractivity contribution in [3.8, 4) is 16.9 Å². The molecule has 0 aliphatic rings. The number of aromatic nitrogens is 4. The predicted molar refractivity (Wildman–Crippen MR) is 110 cm³/mol. The fraction of sp³-hybridized carbons (Fsp3) is 0.316. The number of anilines is 3. The molecule has 11 heteroatoms. The van der Waals surface area contributed by atoms with Gasteiger partial charge in [-0.05, 0) is 19.9 Å². The lowest BCUT2D eigenvalue weighted by Crippen LogP contribution is -2.12. The van der Waals surface area contributed by atoms with Crippen LogP contribution < -0.4 is 15.4 Å². The molecule has 0 bridgehead atoms. The van der Waals surface area contributed by atoms with Crippen molar-refractivity contribution in [2.24, 2.45) is 7.05 Å². The lowest BCUT2D eigenvalue weighted by atomic mass is 10.0. The summed E-state index contributed by atoms with van der Waals surface area (Å²) in [5.74, 6) is 0.126. The monoisotopic (exact) mass is 440 g/mol. The minimum Gasteiger partial charge on any atom is -0.496 e. The van der Waals surface area contributed by atoms with Crippen LogP contribution in [0.3, 0.4) is 0 Å². The second-order valence-corrected chi connectivity index (χ2v) is 6.94. The lowest BCUT2D eigenvalue weighted by Gasteiger charge is -2.16. The third-order valence-electron chi connectivity index (χ3n) is 4.64. The molecule has 2 aromatic heterocycles. The van der Waals surface area contributed by atoms with Crippen LogP contribution in [-0.2, 0) is 13.2 Å². The minimum absolute atomic E-state index is 0.0437. The second-order valence-electron chi connectivity index (χ2n) is 6.53.